The summed E-state index contributed by atoms with van der Waals surface area (Å²) in [6.45, 7) is 3.74. The van der Waals surface area contributed by atoms with Gasteiger partial charge in [-0.1, -0.05) is 30.3 Å². The number of rotatable bonds is 4. The summed E-state index contributed by atoms with van der Waals surface area (Å²) >= 11 is 0. The van der Waals surface area contributed by atoms with Crippen molar-refractivity contribution in [3.8, 4) is 0 Å². The van der Waals surface area contributed by atoms with Gasteiger partial charge in [0.2, 0.25) is 0 Å². The van der Waals surface area contributed by atoms with E-state index in [2.05, 4.69) is 4.99 Å². The minimum absolute atomic E-state index is 0.267. The molecule has 0 unspecified atom stereocenters. The summed E-state index contributed by atoms with van der Waals surface area (Å²) in [5.41, 5.74) is 0.363. The van der Waals surface area contributed by atoms with E-state index in [1.165, 1.54) is 7.11 Å². The van der Waals surface area contributed by atoms with Gasteiger partial charge in [-0.3, -0.25) is 9.79 Å². The van der Waals surface area contributed by atoms with E-state index in [1.807, 2.05) is 30.3 Å². The van der Waals surface area contributed by atoms with Crippen LogP contribution in [0, 0.1) is 5.92 Å². The van der Waals surface area contributed by atoms with Gasteiger partial charge in [-0.2, -0.15) is 0 Å². The second kappa shape index (κ2) is 6.08. The van der Waals surface area contributed by atoms with Crippen molar-refractivity contribution in [2.45, 2.75) is 25.8 Å². The Labute approximate surface area is 124 Å². The molecule has 1 aromatic rings. The quantitative estimate of drug-likeness (QED) is 0.795. The molecule has 0 N–H and O–H groups in total. The number of hydrogen-bond acceptors (Lipinski definition) is 5. The summed E-state index contributed by atoms with van der Waals surface area (Å²) in [7, 11) is 1.32. The van der Waals surface area contributed by atoms with Gasteiger partial charge in [-0.15, -0.1) is 0 Å². The number of ether oxygens (including phenoxy) is 2. The summed E-state index contributed by atoms with van der Waals surface area (Å²) in [5, 5.41) is 0. The molecule has 0 bridgehead atoms. The Morgan fingerprint density at radius 2 is 2.00 bits per heavy atom. The van der Waals surface area contributed by atoms with E-state index in [-0.39, 0.29) is 12.4 Å². The van der Waals surface area contributed by atoms with Crippen molar-refractivity contribution >= 4 is 17.7 Å². The number of aliphatic imine (C=N–C) groups is 1. The van der Waals surface area contributed by atoms with Crippen molar-refractivity contribution in [3.63, 3.8) is 0 Å². The van der Waals surface area contributed by atoms with Crippen molar-refractivity contribution in [1.82, 2.24) is 0 Å². The second-order valence-corrected chi connectivity index (χ2v) is 5.14. The Bertz CT molecular complexity index is 567. The molecule has 1 aliphatic heterocycles. The molecule has 2 atom stereocenters. The average Bonchev–Trinajstić information content (AvgIpc) is 2.87. The highest BCUT2D eigenvalue weighted by atomic mass is 16.5. The van der Waals surface area contributed by atoms with Crippen LogP contribution in [0.5, 0.6) is 0 Å². The van der Waals surface area contributed by atoms with Gasteiger partial charge >= 0.3 is 11.9 Å². The molecule has 0 amide bonds. The largest absolute Gasteiger partial charge is 0.467 e. The van der Waals surface area contributed by atoms with E-state index in [0.717, 1.165) is 5.56 Å². The van der Waals surface area contributed by atoms with Crippen molar-refractivity contribution in [1.29, 1.82) is 0 Å². The molecule has 0 saturated heterocycles. The summed E-state index contributed by atoms with van der Waals surface area (Å²) in [4.78, 5) is 28.6. The fourth-order valence-electron chi connectivity index (χ4n) is 2.54. The normalized spacial score (nSPS) is 24.3. The molecule has 1 aliphatic rings. The van der Waals surface area contributed by atoms with Crippen LogP contribution >= 0.6 is 0 Å². The third-order valence-electron chi connectivity index (χ3n) is 3.56. The zero-order valence-corrected chi connectivity index (χ0v) is 12.5. The van der Waals surface area contributed by atoms with E-state index in [0.29, 0.717) is 12.3 Å². The molecule has 1 aromatic carbocycles. The van der Waals surface area contributed by atoms with Gasteiger partial charge in [-0.05, 0) is 19.4 Å². The van der Waals surface area contributed by atoms with Gasteiger partial charge in [0.25, 0.3) is 0 Å². The van der Waals surface area contributed by atoms with Crippen LogP contribution in [-0.2, 0) is 19.1 Å². The highest BCUT2D eigenvalue weighted by Crippen LogP contribution is 2.34. The highest BCUT2D eigenvalue weighted by molar-refractivity contribution is 6.14. The SMILES string of the molecule is CCOC(=O)[C@@H]1C[C@@](C)(C(=O)OC)N=C1c1ccccc1. The lowest BCUT2D eigenvalue weighted by Gasteiger charge is -2.18. The molecule has 0 radical (unpaired) electrons. The van der Waals surface area contributed by atoms with Gasteiger partial charge in [0, 0.05) is 6.42 Å². The number of nitrogens with zero attached hydrogens (tertiary/aromatic N) is 1. The van der Waals surface area contributed by atoms with E-state index < -0.39 is 17.4 Å². The molecular formula is C16H19NO4. The zero-order valence-electron chi connectivity index (χ0n) is 12.5. The summed E-state index contributed by atoms with van der Waals surface area (Å²) in [5.74, 6) is -1.34. The Balaban J connectivity index is 2.41. The predicted octanol–water partition coefficient (Wildman–Crippen LogP) is 1.99. The van der Waals surface area contributed by atoms with Gasteiger partial charge in [-0.25, -0.2) is 4.79 Å². The number of esters is 2. The first-order valence-electron chi connectivity index (χ1n) is 6.92. The van der Waals surface area contributed by atoms with Crippen LogP contribution in [0.4, 0.5) is 0 Å². The molecule has 112 valence electrons. The number of carbonyl (C=O) groups is 2. The van der Waals surface area contributed by atoms with Gasteiger partial charge in [0.05, 0.1) is 19.4 Å². The molecule has 0 spiro atoms. The lowest BCUT2D eigenvalue weighted by Crippen LogP contribution is -2.34. The molecule has 0 saturated carbocycles. The molecule has 2 rings (SSSR count). The van der Waals surface area contributed by atoms with Crippen LogP contribution in [0.1, 0.15) is 25.8 Å². The smallest absolute Gasteiger partial charge is 0.333 e. The maximum Gasteiger partial charge on any atom is 0.333 e. The monoisotopic (exact) mass is 289 g/mol. The molecule has 0 aliphatic carbocycles. The molecular weight excluding hydrogens is 270 g/mol. The number of hydrogen-bond donors (Lipinski definition) is 0. The fourth-order valence-corrected chi connectivity index (χ4v) is 2.54. The first kappa shape index (κ1) is 15.2. The van der Waals surface area contributed by atoms with Crippen molar-refractivity contribution in [3.05, 3.63) is 35.9 Å². The van der Waals surface area contributed by atoms with Crippen molar-refractivity contribution < 1.29 is 19.1 Å². The molecule has 5 heteroatoms. The van der Waals surface area contributed by atoms with Crippen molar-refractivity contribution in [2.24, 2.45) is 10.9 Å². The first-order chi connectivity index (χ1) is 10.0. The first-order valence-corrected chi connectivity index (χ1v) is 6.92. The third kappa shape index (κ3) is 2.96. The number of carbonyl (C=O) groups excluding carboxylic acids is 2. The van der Waals surface area contributed by atoms with Crippen LogP contribution in [0.3, 0.4) is 0 Å². The molecule has 1 heterocycles. The Morgan fingerprint density at radius 1 is 1.33 bits per heavy atom. The molecule has 21 heavy (non-hydrogen) atoms. The zero-order chi connectivity index (χ0) is 15.5. The van der Waals surface area contributed by atoms with E-state index >= 15 is 0 Å². The maximum absolute atomic E-state index is 12.2. The highest BCUT2D eigenvalue weighted by Gasteiger charge is 2.47. The minimum atomic E-state index is -1.04. The van der Waals surface area contributed by atoms with E-state index in [4.69, 9.17) is 9.47 Å². The number of methoxy groups -OCH3 is 1. The van der Waals surface area contributed by atoms with Crippen LogP contribution in [0.2, 0.25) is 0 Å². The number of benzene rings is 1. The Morgan fingerprint density at radius 3 is 2.57 bits per heavy atom. The van der Waals surface area contributed by atoms with E-state index in [1.54, 1.807) is 13.8 Å². The average molecular weight is 289 g/mol. The van der Waals surface area contributed by atoms with Crippen LogP contribution in [0.25, 0.3) is 0 Å². The fraction of sp³-hybridized carbons (Fsp3) is 0.438. The standard InChI is InChI=1S/C16H19NO4/c1-4-21-14(18)12-10-16(2,15(19)20-3)17-13(12)11-8-6-5-7-9-11/h5-9,12H,4,10H2,1-3H3/t12-,16+/m1/s1. The summed E-state index contributed by atoms with van der Waals surface area (Å²) in [6, 6.07) is 9.36. The molecule has 0 aromatic heterocycles. The Hall–Kier alpha value is -2.17. The van der Waals surface area contributed by atoms with E-state index in [9.17, 15) is 9.59 Å². The third-order valence-corrected chi connectivity index (χ3v) is 3.56. The molecule has 5 nitrogen and oxygen atoms in total. The molecule has 0 fully saturated rings. The van der Waals surface area contributed by atoms with Crippen LogP contribution in [-0.4, -0.2) is 36.9 Å². The Kier molecular flexibility index (Phi) is 4.40. The minimum Gasteiger partial charge on any atom is -0.467 e. The van der Waals surface area contributed by atoms with Gasteiger partial charge in [0.15, 0.2) is 5.54 Å². The summed E-state index contributed by atoms with van der Waals surface area (Å²) < 4.78 is 9.92. The topological polar surface area (TPSA) is 65.0 Å². The van der Waals surface area contributed by atoms with Crippen molar-refractivity contribution in [2.75, 3.05) is 13.7 Å². The lowest BCUT2D eigenvalue weighted by atomic mass is 9.89. The maximum atomic E-state index is 12.2. The van der Waals surface area contributed by atoms with Gasteiger partial charge < -0.3 is 9.47 Å². The second-order valence-electron chi connectivity index (χ2n) is 5.14. The lowest BCUT2D eigenvalue weighted by molar-refractivity contribution is -0.148. The van der Waals surface area contributed by atoms with Crippen LogP contribution < -0.4 is 0 Å². The van der Waals surface area contributed by atoms with Gasteiger partial charge in [0.1, 0.15) is 5.92 Å². The summed E-state index contributed by atoms with van der Waals surface area (Å²) in [6.07, 6.45) is 0.267. The van der Waals surface area contributed by atoms with Crippen LogP contribution in [0.15, 0.2) is 35.3 Å². The predicted molar refractivity (Wildman–Crippen MR) is 78.1 cm³/mol.